The number of pyridine rings is 1. The van der Waals surface area contributed by atoms with E-state index in [0.29, 0.717) is 21.8 Å². The van der Waals surface area contributed by atoms with Crippen LogP contribution in [0, 0.1) is 6.57 Å². The van der Waals surface area contributed by atoms with Crippen molar-refractivity contribution in [3.05, 3.63) is 118 Å². The smallest absolute Gasteiger partial charge is 0.261 e. The van der Waals surface area contributed by atoms with Crippen LogP contribution in [0.15, 0.2) is 85.1 Å². The Hall–Kier alpha value is -4.27. The van der Waals surface area contributed by atoms with Crippen LogP contribution < -0.4 is 0 Å². The molecular formula is C27H16ClN3O2. The average Bonchev–Trinajstić information content (AvgIpc) is 3.09. The molecule has 3 aromatic carbocycles. The third kappa shape index (κ3) is 3.78. The lowest BCUT2D eigenvalue weighted by Crippen LogP contribution is -2.29. The molecule has 158 valence electrons. The predicted octanol–water partition coefficient (Wildman–Crippen LogP) is 6.42. The van der Waals surface area contributed by atoms with Gasteiger partial charge in [-0.05, 0) is 47.0 Å². The number of carbonyl (C=O) groups is 2. The molecule has 0 atom stereocenters. The summed E-state index contributed by atoms with van der Waals surface area (Å²) in [5.41, 5.74) is 5.47. The number of fused-ring (bicyclic) bond motifs is 1. The van der Waals surface area contributed by atoms with E-state index in [9.17, 15) is 9.59 Å². The van der Waals surface area contributed by atoms with Crippen molar-refractivity contribution in [3.8, 4) is 22.4 Å². The summed E-state index contributed by atoms with van der Waals surface area (Å²) in [5, 5.41) is 0.622. The number of carbonyl (C=O) groups excluding carboxylic acids is 2. The number of halogens is 1. The molecule has 0 fully saturated rings. The number of nitrogens with zero attached hydrogens (tertiary/aromatic N) is 3. The highest BCUT2D eigenvalue weighted by Crippen LogP contribution is 2.34. The molecule has 2 heterocycles. The zero-order valence-electron chi connectivity index (χ0n) is 17.3. The first-order valence-electron chi connectivity index (χ1n) is 10.2. The van der Waals surface area contributed by atoms with Gasteiger partial charge in [0.25, 0.3) is 11.8 Å². The Kier molecular flexibility index (Phi) is 5.21. The minimum absolute atomic E-state index is 0.122. The lowest BCUT2D eigenvalue weighted by molar-refractivity contribution is 0.0642. The fraction of sp³-hybridized carbons (Fsp3) is 0.0370. The van der Waals surface area contributed by atoms with Crippen LogP contribution in [-0.4, -0.2) is 21.7 Å². The van der Waals surface area contributed by atoms with Crippen molar-refractivity contribution < 1.29 is 9.59 Å². The fourth-order valence-electron chi connectivity index (χ4n) is 3.93. The van der Waals surface area contributed by atoms with Crippen molar-refractivity contribution in [2.75, 3.05) is 0 Å². The summed E-state index contributed by atoms with van der Waals surface area (Å²) in [6.45, 7) is 7.29. The van der Waals surface area contributed by atoms with Gasteiger partial charge in [0.1, 0.15) is 0 Å². The molecule has 5 nitrogen and oxygen atoms in total. The lowest BCUT2D eigenvalue weighted by Gasteiger charge is -2.16. The SMILES string of the molecule is [C-]#[N+]c1ccc(-c2ncc(CN3C(=O)c4ccccc4C3=O)cc2-c2ccc(Cl)cc2)cc1. The predicted molar refractivity (Wildman–Crippen MR) is 127 cm³/mol. The van der Waals surface area contributed by atoms with E-state index < -0.39 is 0 Å². The highest BCUT2D eigenvalue weighted by molar-refractivity contribution is 6.30. The normalized spacial score (nSPS) is 12.5. The second-order valence-electron chi connectivity index (χ2n) is 7.65. The van der Waals surface area contributed by atoms with E-state index in [-0.39, 0.29) is 18.4 Å². The van der Waals surface area contributed by atoms with Gasteiger partial charge in [-0.2, -0.15) is 0 Å². The molecule has 5 rings (SSSR count). The quantitative estimate of drug-likeness (QED) is 0.267. The van der Waals surface area contributed by atoms with Crippen molar-refractivity contribution in [2.45, 2.75) is 6.54 Å². The first kappa shape index (κ1) is 20.6. The van der Waals surface area contributed by atoms with Crippen LogP contribution in [-0.2, 0) is 6.54 Å². The molecule has 0 saturated carbocycles. The summed E-state index contributed by atoms with van der Waals surface area (Å²) in [6.07, 6.45) is 1.68. The highest BCUT2D eigenvalue weighted by Gasteiger charge is 2.35. The average molecular weight is 450 g/mol. The van der Waals surface area contributed by atoms with E-state index in [1.807, 2.05) is 30.3 Å². The summed E-state index contributed by atoms with van der Waals surface area (Å²) in [7, 11) is 0. The molecule has 4 aromatic rings. The van der Waals surface area contributed by atoms with Crippen molar-refractivity contribution in [2.24, 2.45) is 0 Å². The van der Waals surface area contributed by atoms with E-state index in [4.69, 9.17) is 18.2 Å². The van der Waals surface area contributed by atoms with Crippen LogP contribution in [0.3, 0.4) is 0 Å². The van der Waals surface area contributed by atoms with Gasteiger partial charge in [0, 0.05) is 16.8 Å². The van der Waals surface area contributed by atoms with Crippen LogP contribution in [0.1, 0.15) is 26.3 Å². The van der Waals surface area contributed by atoms with Crippen molar-refractivity contribution in [1.82, 2.24) is 9.88 Å². The van der Waals surface area contributed by atoms with Gasteiger partial charge < -0.3 is 0 Å². The van der Waals surface area contributed by atoms with E-state index in [2.05, 4.69) is 9.83 Å². The summed E-state index contributed by atoms with van der Waals surface area (Å²) in [6, 6.07) is 23.4. The zero-order chi connectivity index (χ0) is 22.9. The van der Waals surface area contributed by atoms with Crippen LogP contribution in [0.25, 0.3) is 27.2 Å². The van der Waals surface area contributed by atoms with Gasteiger partial charge in [-0.25, -0.2) is 4.85 Å². The Labute approximate surface area is 195 Å². The first-order chi connectivity index (χ1) is 16.0. The molecular weight excluding hydrogens is 434 g/mol. The van der Waals surface area contributed by atoms with Gasteiger partial charge in [-0.3, -0.25) is 19.5 Å². The molecule has 0 radical (unpaired) electrons. The van der Waals surface area contributed by atoms with Crippen molar-refractivity contribution in [1.29, 1.82) is 0 Å². The maximum absolute atomic E-state index is 12.8. The van der Waals surface area contributed by atoms with Gasteiger partial charge in [0.15, 0.2) is 5.69 Å². The van der Waals surface area contributed by atoms with Gasteiger partial charge in [0.05, 0.1) is 29.9 Å². The molecule has 0 spiro atoms. The summed E-state index contributed by atoms with van der Waals surface area (Å²) in [5.74, 6) is -0.607. The van der Waals surface area contributed by atoms with Crippen LogP contribution in [0.5, 0.6) is 0 Å². The van der Waals surface area contributed by atoms with Gasteiger partial charge in [0.2, 0.25) is 0 Å². The van der Waals surface area contributed by atoms with Crippen LogP contribution in [0.2, 0.25) is 5.02 Å². The zero-order valence-corrected chi connectivity index (χ0v) is 18.1. The van der Waals surface area contributed by atoms with Crippen LogP contribution in [0.4, 0.5) is 5.69 Å². The van der Waals surface area contributed by atoms with Gasteiger partial charge >= 0.3 is 0 Å². The molecule has 0 bridgehead atoms. The van der Waals surface area contributed by atoms with Crippen molar-refractivity contribution >= 4 is 29.1 Å². The minimum atomic E-state index is -0.303. The second-order valence-corrected chi connectivity index (χ2v) is 8.08. The lowest BCUT2D eigenvalue weighted by atomic mass is 9.97. The van der Waals surface area contributed by atoms with Gasteiger partial charge in [-0.15, -0.1) is 0 Å². The third-order valence-corrected chi connectivity index (χ3v) is 5.84. The standard InChI is InChI=1S/C27H16ClN3O2/c1-29-21-12-8-19(9-13-21)25-24(18-6-10-20(28)11-7-18)14-17(15-30-25)16-31-26(32)22-4-2-3-5-23(22)27(31)33/h2-15H,16H2. The molecule has 0 aliphatic carbocycles. The number of hydrogen-bond acceptors (Lipinski definition) is 3. The number of aromatic nitrogens is 1. The molecule has 6 heteroatoms. The fourth-order valence-corrected chi connectivity index (χ4v) is 4.06. The topological polar surface area (TPSA) is 54.6 Å². The van der Waals surface area contributed by atoms with E-state index in [0.717, 1.165) is 27.9 Å². The molecule has 1 aliphatic rings. The maximum atomic E-state index is 12.8. The number of amides is 2. The van der Waals surface area contributed by atoms with E-state index in [1.165, 1.54) is 4.90 Å². The molecule has 0 unspecified atom stereocenters. The Morgan fingerprint density at radius 2 is 1.42 bits per heavy atom. The van der Waals surface area contributed by atoms with Crippen LogP contribution >= 0.6 is 11.6 Å². The molecule has 2 amide bonds. The van der Waals surface area contributed by atoms with E-state index in [1.54, 1.807) is 54.7 Å². The number of hydrogen-bond donors (Lipinski definition) is 0. The maximum Gasteiger partial charge on any atom is 0.261 e. The van der Waals surface area contributed by atoms with Crippen molar-refractivity contribution in [3.63, 3.8) is 0 Å². The van der Waals surface area contributed by atoms with Gasteiger partial charge in [-0.1, -0.05) is 60.1 Å². The largest absolute Gasteiger partial charge is 0.270 e. The Morgan fingerprint density at radius 3 is 2.03 bits per heavy atom. The summed E-state index contributed by atoms with van der Waals surface area (Å²) in [4.78, 5) is 35.0. The number of benzene rings is 3. The third-order valence-electron chi connectivity index (χ3n) is 5.59. The number of rotatable bonds is 4. The summed E-state index contributed by atoms with van der Waals surface area (Å²) >= 11 is 6.08. The first-order valence-corrected chi connectivity index (χ1v) is 10.6. The second kappa shape index (κ2) is 8.34. The van der Waals surface area contributed by atoms with E-state index >= 15 is 0 Å². The minimum Gasteiger partial charge on any atom is -0.270 e. The number of imide groups is 1. The summed E-state index contributed by atoms with van der Waals surface area (Å²) < 4.78 is 0. The molecule has 1 aromatic heterocycles. The Bertz CT molecular complexity index is 1400. The molecule has 0 saturated heterocycles. The Balaban J connectivity index is 1.55. The highest BCUT2D eigenvalue weighted by atomic mass is 35.5. The molecule has 0 N–H and O–H groups in total. The molecule has 33 heavy (non-hydrogen) atoms. The Morgan fingerprint density at radius 1 is 0.818 bits per heavy atom. The molecule has 1 aliphatic heterocycles. The monoisotopic (exact) mass is 449 g/mol.